The molecule has 4 aromatic rings. The van der Waals surface area contributed by atoms with E-state index in [2.05, 4.69) is 5.32 Å². The van der Waals surface area contributed by atoms with E-state index in [1.165, 1.54) is 0 Å². The summed E-state index contributed by atoms with van der Waals surface area (Å²) in [4.78, 5) is 13.3. The topological polar surface area (TPSA) is 47.6 Å². The van der Waals surface area contributed by atoms with E-state index in [1.807, 2.05) is 104 Å². The van der Waals surface area contributed by atoms with Crippen LogP contribution >= 0.6 is 0 Å². The number of carbonyl (C=O) groups is 1. The van der Waals surface area contributed by atoms with E-state index in [4.69, 9.17) is 9.47 Å². The van der Waals surface area contributed by atoms with Crippen molar-refractivity contribution in [3.05, 3.63) is 103 Å². The van der Waals surface area contributed by atoms with Crippen molar-refractivity contribution >= 4 is 22.4 Å². The molecule has 0 bridgehead atoms. The Morgan fingerprint density at radius 3 is 2.30 bits per heavy atom. The van der Waals surface area contributed by atoms with Crippen molar-refractivity contribution in [3.8, 4) is 11.5 Å². The summed E-state index contributed by atoms with van der Waals surface area (Å²) in [5.74, 6) is 1.03. The molecule has 0 aliphatic carbocycles. The molecule has 4 heteroatoms. The number of ether oxygens (including phenoxy) is 2. The maximum Gasteiger partial charge on any atom is 0.270 e. The highest BCUT2D eigenvalue weighted by Gasteiger charge is 2.24. The normalized spacial score (nSPS) is 11.6. The molecule has 4 rings (SSSR count). The van der Waals surface area contributed by atoms with Gasteiger partial charge in [0.1, 0.15) is 11.5 Å². The number of rotatable bonds is 7. The van der Waals surface area contributed by atoms with Crippen molar-refractivity contribution in [1.29, 1.82) is 0 Å². The van der Waals surface area contributed by atoms with Crippen LogP contribution in [0.1, 0.15) is 18.6 Å². The molecule has 1 amide bonds. The molecule has 4 aromatic carbocycles. The maximum absolute atomic E-state index is 13.3. The zero-order valence-electron chi connectivity index (χ0n) is 16.7. The highest BCUT2D eigenvalue weighted by atomic mass is 16.5. The number of para-hydroxylation sites is 2. The molecule has 150 valence electrons. The van der Waals surface area contributed by atoms with E-state index in [1.54, 1.807) is 0 Å². The monoisotopic (exact) mass is 397 g/mol. The Bertz CT molecular complexity index is 1140. The summed E-state index contributed by atoms with van der Waals surface area (Å²) in [7, 11) is 0. The van der Waals surface area contributed by atoms with Gasteiger partial charge in [0.25, 0.3) is 5.91 Å². The van der Waals surface area contributed by atoms with Crippen molar-refractivity contribution in [2.75, 3.05) is 11.9 Å². The number of carbonyl (C=O) groups excluding carboxylic acids is 1. The number of amides is 1. The molecule has 30 heavy (non-hydrogen) atoms. The summed E-state index contributed by atoms with van der Waals surface area (Å²) >= 11 is 0. The minimum atomic E-state index is -0.813. The number of hydrogen-bond acceptors (Lipinski definition) is 3. The van der Waals surface area contributed by atoms with Gasteiger partial charge in [0.2, 0.25) is 6.10 Å². The molecule has 0 heterocycles. The van der Waals surface area contributed by atoms with Gasteiger partial charge in [-0.2, -0.15) is 0 Å². The van der Waals surface area contributed by atoms with E-state index in [0.29, 0.717) is 23.8 Å². The Kier molecular flexibility index (Phi) is 5.95. The molecule has 1 atom stereocenters. The lowest BCUT2D eigenvalue weighted by Gasteiger charge is -2.21. The third-order valence-corrected chi connectivity index (χ3v) is 4.78. The average Bonchev–Trinajstić information content (AvgIpc) is 2.79. The molecule has 0 saturated carbocycles. The van der Waals surface area contributed by atoms with Crippen LogP contribution in [-0.4, -0.2) is 12.5 Å². The van der Waals surface area contributed by atoms with Crippen LogP contribution in [0.25, 0.3) is 10.8 Å². The number of anilines is 1. The highest BCUT2D eigenvalue weighted by Crippen LogP contribution is 2.31. The molecule has 0 spiro atoms. The molecule has 0 aromatic heterocycles. The van der Waals surface area contributed by atoms with E-state index in [9.17, 15) is 4.79 Å². The Hall–Kier alpha value is -3.79. The molecule has 0 aliphatic rings. The summed E-state index contributed by atoms with van der Waals surface area (Å²) in [6.45, 7) is 2.43. The van der Waals surface area contributed by atoms with E-state index in [0.717, 1.165) is 16.3 Å². The number of nitrogens with one attached hydrogen (secondary N) is 1. The van der Waals surface area contributed by atoms with Crippen LogP contribution < -0.4 is 14.8 Å². The zero-order chi connectivity index (χ0) is 20.8. The molecular formula is C26H23NO3. The van der Waals surface area contributed by atoms with Gasteiger partial charge in [0, 0.05) is 10.9 Å². The largest absolute Gasteiger partial charge is 0.492 e. The lowest BCUT2D eigenvalue weighted by Crippen LogP contribution is -2.26. The molecule has 0 radical (unpaired) electrons. The van der Waals surface area contributed by atoms with Crippen molar-refractivity contribution in [2.45, 2.75) is 13.0 Å². The van der Waals surface area contributed by atoms with Crippen LogP contribution in [0, 0.1) is 0 Å². The Morgan fingerprint density at radius 2 is 1.47 bits per heavy atom. The number of fused-ring (bicyclic) bond motifs is 1. The van der Waals surface area contributed by atoms with E-state index < -0.39 is 6.10 Å². The Labute approximate surface area is 176 Å². The van der Waals surface area contributed by atoms with Gasteiger partial charge < -0.3 is 14.8 Å². The molecule has 0 fully saturated rings. The van der Waals surface area contributed by atoms with Crippen molar-refractivity contribution < 1.29 is 14.3 Å². The fraction of sp³-hybridized carbons (Fsp3) is 0.115. The summed E-state index contributed by atoms with van der Waals surface area (Å²) < 4.78 is 11.9. The number of hydrogen-bond donors (Lipinski definition) is 1. The quantitative estimate of drug-likeness (QED) is 0.416. The first-order chi connectivity index (χ1) is 14.8. The van der Waals surface area contributed by atoms with Gasteiger partial charge in [0.05, 0.1) is 12.3 Å². The standard InChI is InChI=1S/C26H23NO3/c1-2-29-24-17-9-8-16-22(24)27-26(28)25(20-12-4-3-5-13-20)30-23-18-10-14-19-11-6-7-15-21(19)23/h3-18,25H,2H2,1H3,(H,27,28)/t25-/m0/s1. The molecule has 1 N–H and O–H groups in total. The molecule has 4 nitrogen and oxygen atoms in total. The second kappa shape index (κ2) is 9.14. The molecular weight excluding hydrogens is 374 g/mol. The Morgan fingerprint density at radius 1 is 0.800 bits per heavy atom. The summed E-state index contributed by atoms with van der Waals surface area (Å²) in [5, 5.41) is 4.99. The predicted octanol–water partition coefficient (Wildman–Crippen LogP) is 6.00. The minimum absolute atomic E-state index is 0.263. The first-order valence-electron chi connectivity index (χ1n) is 9.98. The fourth-order valence-electron chi connectivity index (χ4n) is 3.38. The van der Waals surface area contributed by atoms with Crippen LogP contribution in [0.4, 0.5) is 5.69 Å². The van der Waals surface area contributed by atoms with Crippen LogP contribution in [-0.2, 0) is 4.79 Å². The van der Waals surface area contributed by atoms with Gasteiger partial charge in [0.15, 0.2) is 0 Å². The van der Waals surface area contributed by atoms with Crippen LogP contribution in [0.2, 0.25) is 0 Å². The molecule has 0 aliphatic heterocycles. The van der Waals surface area contributed by atoms with Gasteiger partial charge >= 0.3 is 0 Å². The lowest BCUT2D eigenvalue weighted by molar-refractivity contribution is -0.123. The van der Waals surface area contributed by atoms with Crippen molar-refractivity contribution in [3.63, 3.8) is 0 Å². The smallest absolute Gasteiger partial charge is 0.270 e. The van der Waals surface area contributed by atoms with Crippen LogP contribution in [0.3, 0.4) is 0 Å². The molecule has 0 unspecified atom stereocenters. The average molecular weight is 397 g/mol. The first kappa shape index (κ1) is 19.5. The van der Waals surface area contributed by atoms with Crippen LogP contribution in [0.15, 0.2) is 97.1 Å². The van der Waals surface area contributed by atoms with Gasteiger partial charge in [-0.25, -0.2) is 0 Å². The van der Waals surface area contributed by atoms with Gasteiger partial charge in [-0.3, -0.25) is 4.79 Å². The third-order valence-electron chi connectivity index (χ3n) is 4.78. The van der Waals surface area contributed by atoms with Gasteiger partial charge in [-0.15, -0.1) is 0 Å². The third kappa shape index (κ3) is 4.28. The van der Waals surface area contributed by atoms with E-state index in [-0.39, 0.29) is 5.91 Å². The van der Waals surface area contributed by atoms with Crippen molar-refractivity contribution in [2.24, 2.45) is 0 Å². The first-order valence-corrected chi connectivity index (χ1v) is 9.98. The molecule has 0 saturated heterocycles. The highest BCUT2D eigenvalue weighted by molar-refractivity contribution is 5.97. The summed E-state index contributed by atoms with van der Waals surface area (Å²) in [5.41, 5.74) is 1.39. The van der Waals surface area contributed by atoms with Crippen LogP contribution in [0.5, 0.6) is 11.5 Å². The maximum atomic E-state index is 13.3. The predicted molar refractivity (Wildman–Crippen MR) is 120 cm³/mol. The second-order valence-corrected chi connectivity index (χ2v) is 6.80. The zero-order valence-corrected chi connectivity index (χ0v) is 16.7. The summed E-state index contributed by atoms with van der Waals surface area (Å²) in [6, 6.07) is 30.7. The summed E-state index contributed by atoms with van der Waals surface area (Å²) in [6.07, 6.45) is -0.813. The minimum Gasteiger partial charge on any atom is -0.492 e. The second-order valence-electron chi connectivity index (χ2n) is 6.80. The fourth-order valence-corrected chi connectivity index (χ4v) is 3.38. The SMILES string of the molecule is CCOc1ccccc1NC(=O)[C@@H](Oc1cccc2ccccc12)c1ccccc1. The van der Waals surface area contributed by atoms with E-state index >= 15 is 0 Å². The lowest BCUT2D eigenvalue weighted by atomic mass is 10.1. The van der Waals surface area contributed by atoms with Crippen molar-refractivity contribution in [1.82, 2.24) is 0 Å². The number of benzene rings is 4. The van der Waals surface area contributed by atoms with Gasteiger partial charge in [-0.05, 0) is 30.5 Å². The van der Waals surface area contributed by atoms with Gasteiger partial charge in [-0.1, -0.05) is 78.9 Å². The Balaban J connectivity index is 1.68.